The molecule has 0 fully saturated rings. The molecule has 8 nitrogen and oxygen atoms in total. The normalized spacial score (nSPS) is 11.5. The quantitative estimate of drug-likeness (QED) is 0.556. The van der Waals surface area contributed by atoms with Gasteiger partial charge in [0.15, 0.2) is 5.82 Å². The summed E-state index contributed by atoms with van der Waals surface area (Å²) < 4.78 is 28.5. The number of aryl methyl sites for hydroxylation is 1. The van der Waals surface area contributed by atoms with Crippen LogP contribution in [0.2, 0.25) is 5.02 Å². The van der Waals surface area contributed by atoms with Crippen LogP contribution >= 0.6 is 11.6 Å². The summed E-state index contributed by atoms with van der Waals surface area (Å²) in [6.45, 7) is 2.50. The van der Waals surface area contributed by atoms with Crippen LogP contribution < -0.4 is 10.0 Å². The third-order valence-corrected chi connectivity index (χ3v) is 5.20. The maximum atomic E-state index is 12.1. The summed E-state index contributed by atoms with van der Waals surface area (Å²) in [6.07, 6.45) is 3.24. The first-order chi connectivity index (χ1) is 12.9. The Hall–Kier alpha value is -2.49. The van der Waals surface area contributed by atoms with Crippen LogP contribution in [0.5, 0.6) is 0 Å². The van der Waals surface area contributed by atoms with E-state index < -0.39 is 10.0 Å². The van der Waals surface area contributed by atoms with Crippen LogP contribution in [-0.2, 0) is 15.8 Å². The first-order valence-electron chi connectivity index (χ1n) is 8.22. The summed E-state index contributed by atoms with van der Waals surface area (Å²) in [4.78, 5) is 8.30. The van der Waals surface area contributed by atoms with Gasteiger partial charge in [0.1, 0.15) is 12.1 Å². The molecule has 0 radical (unpaired) electrons. The Morgan fingerprint density at radius 1 is 1.15 bits per heavy atom. The van der Waals surface area contributed by atoms with Crippen LogP contribution in [-0.4, -0.2) is 41.3 Å². The molecule has 142 valence electrons. The highest BCUT2D eigenvalue weighted by molar-refractivity contribution is 7.88. The average molecular weight is 407 g/mol. The number of rotatable bonds is 8. The molecular formula is C17H19ClN6O2S. The van der Waals surface area contributed by atoms with Crippen molar-refractivity contribution >= 4 is 27.4 Å². The Bertz CT molecular complexity index is 1020. The number of benzene rings is 1. The second-order valence-corrected chi connectivity index (χ2v) is 8.12. The van der Waals surface area contributed by atoms with Gasteiger partial charge in [-0.25, -0.2) is 27.8 Å². The molecule has 0 saturated heterocycles. The van der Waals surface area contributed by atoms with Crippen LogP contribution in [0.15, 0.2) is 48.9 Å². The van der Waals surface area contributed by atoms with Crippen molar-refractivity contribution in [1.82, 2.24) is 24.5 Å². The first kappa shape index (κ1) is 19.3. The van der Waals surface area contributed by atoms with Crippen molar-refractivity contribution in [1.29, 1.82) is 0 Å². The number of halogens is 1. The molecule has 0 atom stereocenters. The van der Waals surface area contributed by atoms with Gasteiger partial charge >= 0.3 is 0 Å². The first-order valence-corrected chi connectivity index (χ1v) is 10.2. The Morgan fingerprint density at radius 3 is 2.74 bits per heavy atom. The maximum Gasteiger partial charge on any atom is 0.215 e. The molecule has 3 aromatic rings. The van der Waals surface area contributed by atoms with Crippen molar-refractivity contribution < 1.29 is 8.42 Å². The molecule has 0 amide bonds. The van der Waals surface area contributed by atoms with Crippen LogP contribution in [0, 0.1) is 6.92 Å². The molecule has 0 unspecified atom stereocenters. The Kier molecular flexibility index (Phi) is 6.04. The van der Waals surface area contributed by atoms with Gasteiger partial charge in [0.25, 0.3) is 0 Å². The smallest absolute Gasteiger partial charge is 0.215 e. The van der Waals surface area contributed by atoms with Gasteiger partial charge < -0.3 is 5.32 Å². The second kappa shape index (κ2) is 8.47. The maximum absolute atomic E-state index is 12.1. The number of aromatic nitrogens is 4. The standard InChI is InChI=1S/C17H19ClN6O2S/c1-13-5-8-24(23-13)17-10-16(20-12-21-17)19-6-7-22-27(25,26)11-14-3-2-4-15(18)9-14/h2-5,8-10,12,22H,6-7,11H2,1H3,(H,19,20,21). The van der Waals surface area contributed by atoms with Crippen LogP contribution in [0.1, 0.15) is 11.3 Å². The fraction of sp³-hybridized carbons (Fsp3) is 0.235. The van der Waals surface area contributed by atoms with Gasteiger partial charge in [-0.3, -0.25) is 0 Å². The molecule has 10 heteroatoms. The summed E-state index contributed by atoms with van der Waals surface area (Å²) >= 11 is 5.88. The average Bonchev–Trinajstić information content (AvgIpc) is 3.05. The van der Waals surface area contributed by atoms with Gasteiger partial charge in [-0.2, -0.15) is 5.10 Å². The molecule has 3 rings (SSSR count). The predicted molar refractivity (Wildman–Crippen MR) is 104 cm³/mol. The predicted octanol–water partition coefficient (Wildman–Crippen LogP) is 2.16. The molecule has 27 heavy (non-hydrogen) atoms. The van der Waals surface area contributed by atoms with E-state index in [2.05, 4.69) is 25.1 Å². The van der Waals surface area contributed by atoms with Crippen molar-refractivity contribution in [2.75, 3.05) is 18.4 Å². The van der Waals surface area contributed by atoms with Crippen molar-refractivity contribution in [2.45, 2.75) is 12.7 Å². The molecule has 0 bridgehead atoms. The highest BCUT2D eigenvalue weighted by Gasteiger charge is 2.11. The van der Waals surface area contributed by atoms with Crippen LogP contribution in [0.25, 0.3) is 5.82 Å². The van der Waals surface area contributed by atoms with Crippen LogP contribution in [0.3, 0.4) is 0 Å². The number of hydrogen-bond acceptors (Lipinski definition) is 6. The SMILES string of the molecule is Cc1ccn(-c2cc(NCCNS(=O)(=O)Cc3cccc(Cl)c3)ncn2)n1. The number of nitrogens with zero attached hydrogens (tertiary/aromatic N) is 4. The van der Waals surface area contributed by atoms with E-state index in [1.54, 1.807) is 35.0 Å². The van der Waals surface area contributed by atoms with E-state index in [-0.39, 0.29) is 12.3 Å². The van der Waals surface area contributed by atoms with Crippen LogP contribution in [0.4, 0.5) is 5.82 Å². The Morgan fingerprint density at radius 2 is 2.00 bits per heavy atom. The zero-order valence-electron chi connectivity index (χ0n) is 14.6. The number of sulfonamides is 1. The third kappa shape index (κ3) is 5.75. The summed E-state index contributed by atoms with van der Waals surface area (Å²) in [5.74, 6) is 1.09. The lowest BCUT2D eigenvalue weighted by atomic mass is 10.2. The van der Waals surface area contributed by atoms with Gasteiger partial charge in [0.05, 0.1) is 11.4 Å². The molecule has 0 aliphatic rings. The van der Waals surface area contributed by atoms with Gasteiger partial charge in [0.2, 0.25) is 10.0 Å². The van der Waals surface area contributed by atoms with Gasteiger partial charge in [-0.1, -0.05) is 23.7 Å². The van der Waals surface area contributed by atoms with Gasteiger partial charge in [-0.05, 0) is 30.7 Å². The number of anilines is 1. The molecule has 0 aliphatic heterocycles. The largest absolute Gasteiger partial charge is 0.369 e. The minimum Gasteiger partial charge on any atom is -0.369 e. The summed E-state index contributed by atoms with van der Waals surface area (Å²) in [7, 11) is -3.45. The molecule has 2 N–H and O–H groups in total. The van der Waals surface area contributed by atoms with E-state index >= 15 is 0 Å². The van der Waals surface area contributed by atoms with E-state index in [4.69, 9.17) is 11.6 Å². The second-order valence-electron chi connectivity index (χ2n) is 5.87. The minimum absolute atomic E-state index is 0.121. The molecule has 0 saturated carbocycles. The van der Waals surface area contributed by atoms with Crippen molar-refractivity contribution in [3.05, 3.63) is 65.2 Å². The number of nitrogens with one attached hydrogen (secondary N) is 2. The highest BCUT2D eigenvalue weighted by atomic mass is 35.5. The Balaban J connectivity index is 1.51. The van der Waals surface area contributed by atoms with E-state index in [1.807, 2.05) is 19.2 Å². The van der Waals surface area contributed by atoms with Gasteiger partial charge in [0, 0.05) is 30.4 Å². The lowest BCUT2D eigenvalue weighted by molar-refractivity contribution is 0.582. The molecule has 1 aromatic carbocycles. The third-order valence-electron chi connectivity index (χ3n) is 3.61. The molecule has 2 heterocycles. The fourth-order valence-electron chi connectivity index (χ4n) is 2.41. The monoisotopic (exact) mass is 406 g/mol. The molecular weight excluding hydrogens is 388 g/mol. The fourth-order valence-corrected chi connectivity index (χ4v) is 3.75. The highest BCUT2D eigenvalue weighted by Crippen LogP contribution is 2.13. The number of hydrogen-bond donors (Lipinski definition) is 2. The summed E-state index contributed by atoms with van der Waals surface area (Å²) in [6, 6.07) is 10.4. The van der Waals surface area contributed by atoms with Crippen molar-refractivity contribution in [3.63, 3.8) is 0 Å². The van der Waals surface area contributed by atoms with Crippen molar-refractivity contribution in [3.8, 4) is 5.82 Å². The van der Waals surface area contributed by atoms with Gasteiger partial charge in [-0.15, -0.1) is 0 Å². The molecule has 0 spiro atoms. The zero-order chi connectivity index (χ0) is 19.3. The topological polar surface area (TPSA) is 102 Å². The lowest BCUT2D eigenvalue weighted by Gasteiger charge is -2.09. The summed E-state index contributed by atoms with van der Waals surface area (Å²) in [5.41, 5.74) is 1.52. The summed E-state index contributed by atoms with van der Waals surface area (Å²) in [5, 5.41) is 7.87. The Labute approximate surface area is 162 Å². The van der Waals surface area contributed by atoms with E-state index in [0.29, 0.717) is 28.8 Å². The van der Waals surface area contributed by atoms with E-state index in [0.717, 1.165) is 5.69 Å². The molecule has 2 aromatic heterocycles. The molecule has 0 aliphatic carbocycles. The van der Waals surface area contributed by atoms with E-state index in [1.165, 1.54) is 6.33 Å². The zero-order valence-corrected chi connectivity index (χ0v) is 16.2. The van der Waals surface area contributed by atoms with Crippen molar-refractivity contribution in [2.24, 2.45) is 0 Å². The minimum atomic E-state index is -3.45. The van der Waals surface area contributed by atoms with E-state index in [9.17, 15) is 8.42 Å². The lowest BCUT2D eigenvalue weighted by Crippen LogP contribution is -2.30.